The quantitative estimate of drug-likeness (QED) is 0.742. The van der Waals surface area contributed by atoms with Crippen molar-refractivity contribution in [3.8, 4) is 0 Å². The number of hydrogen-bond acceptors (Lipinski definition) is 6. The molecule has 1 aromatic heterocycles. The number of rotatable bonds is 2. The van der Waals surface area contributed by atoms with Crippen LogP contribution in [0.15, 0.2) is 53.5 Å². The van der Waals surface area contributed by atoms with Crippen LogP contribution in [0.25, 0.3) is 11.0 Å². The number of morpholine rings is 1. The van der Waals surface area contributed by atoms with Crippen LogP contribution in [0.4, 0.5) is 11.6 Å². The molecule has 7 heteroatoms. The third-order valence-electron chi connectivity index (χ3n) is 4.91. The van der Waals surface area contributed by atoms with Gasteiger partial charge in [0, 0.05) is 18.8 Å². The van der Waals surface area contributed by atoms with Gasteiger partial charge in [0.2, 0.25) is 5.95 Å². The Kier molecular flexibility index (Phi) is 3.53. The number of fused-ring (bicyclic) bond motifs is 3. The summed E-state index contributed by atoms with van der Waals surface area (Å²) in [5.74, 6) is 1.11. The summed E-state index contributed by atoms with van der Waals surface area (Å²) in [5.41, 5.74) is 10.3. The van der Waals surface area contributed by atoms with E-state index in [2.05, 4.69) is 55.1 Å². The third-order valence-corrected chi connectivity index (χ3v) is 4.91. The Morgan fingerprint density at radius 1 is 1.04 bits per heavy atom. The molecule has 0 radical (unpaired) electrons. The second kappa shape index (κ2) is 6.03. The van der Waals surface area contributed by atoms with Crippen LogP contribution in [-0.4, -0.2) is 41.8 Å². The van der Waals surface area contributed by atoms with Crippen LogP contribution >= 0.6 is 0 Å². The van der Waals surface area contributed by atoms with Crippen molar-refractivity contribution in [2.45, 2.75) is 6.17 Å². The number of imidazole rings is 1. The summed E-state index contributed by atoms with van der Waals surface area (Å²) in [4.78, 5) is 11.6. The van der Waals surface area contributed by atoms with Crippen molar-refractivity contribution in [2.75, 3.05) is 36.5 Å². The first-order chi connectivity index (χ1) is 12.8. The van der Waals surface area contributed by atoms with Gasteiger partial charge in [-0.25, -0.2) is 9.98 Å². The zero-order valence-electron chi connectivity index (χ0n) is 14.3. The van der Waals surface area contributed by atoms with E-state index in [1.54, 1.807) is 0 Å². The van der Waals surface area contributed by atoms with E-state index < -0.39 is 0 Å². The molecule has 1 fully saturated rings. The minimum atomic E-state index is -0.225. The number of anilines is 2. The van der Waals surface area contributed by atoms with Crippen LogP contribution in [0.5, 0.6) is 0 Å². The Labute approximate surface area is 151 Å². The molecule has 0 spiro atoms. The van der Waals surface area contributed by atoms with Crippen molar-refractivity contribution in [3.05, 3.63) is 54.1 Å². The number of nitrogens with two attached hydrogens (primary N) is 1. The van der Waals surface area contributed by atoms with Crippen LogP contribution in [0, 0.1) is 0 Å². The van der Waals surface area contributed by atoms with Gasteiger partial charge < -0.3 is 15.4 Å². The van der Waals surface area contributed by atoms with Gasteiger partial charge in [-0.2, -0.15) is 0 Å². The number of nitrogens with zero attached hydrogens (tertiary/aromatic N) is 4. The maximum atomic E-state index is 6.01. The lowest BCUT2D eigenvalue weighted by Crippen LogP contribution is -2.36. The van der Waals surface area contributed by atoms with Gasteiger partial charge in [0.25, 0.3) is 0 Å². The Bertz CT molecular complexity index is 971. The molecule has 0 bridgehead atoms. The van der Waals surface area contributed by atoms with Crippen molar-refractivity contribution in [1.82, 2.24) is 9.55 Å². The summed E-state index contributed by atoms with van der Waals surface area (Å²) in [6.45, 7) is 3.41. The maximum absolute atomic E-state index is 6.01. The number of guanidine groups is 1. The number of para-hydroxylation sites is 2. The molecule has 3 N–H and O–H groups in total. The average Bonchev–Trinajstić information content (AvgIpc) is 3.06. The van der Waals surface area contributed by atoms with Crippen LogP contribution in [0.1, 0.15) is 11.7 Å². The van der Waals surface area contributed by atoms with Gasteiger partial charge in [-0.3, -0.25) is 9.88 Å². The van der Waals surface area contributed by atoms with E-state index in [1.807, 2.05) is 18.2 Å². The van der Waals surface area contributed by atoms with Gasteiger partial charge in [0.1, 0.15) is 0 Å². The molecular formula is C19H20N6O. The molecule has 0 aliphatic carbocycles. The minimum Gasteiger partial charge on any atom is -0.378 e. The van der Waals surface area contributed by atoms with E-state index in [0.29, 0.717) is 5.96 Å². The Morgan fingerprint density at radius 2 is 1.81 bits per heavy atom. The fraction of sp³-hybridized carbons (Fsp3) is 0.263. The number of ether oxygens (including phenoxy) is 1. The predicted molar refractivity (Wildman–Crippen MR) is 103 cm³/mol. The monoisotopic (exact) mass is 348 g/mol. The summed E-state index contributed by atoms with van der Waals surface area (Å²) < 4.78 is 7.53. The van der Waals surface area contributed by atoms with Gasteiger partial charge in [-0.15, -0.1) is 0 Å². The number of benzene rings is 2. The minimum absolute atomic E-state index is 0.225. The summed E-state index contributed by atoms with van der Waals surface area (Å²) in [6, 6.07) is 16.6. The molecule has 2 aromatic carbocycles. The summed E-state index contributed by atoms with van der Waals surface area (Å²) in [6.07, 6.45) is -0.225. The fourth-order valence-electron chi connectivity index (χ4n) is 3.62. The molecule has 0 unspecified atom stereocenters. The average molecular weight is 348 g/mol. The van der Waals surface area contributed by atoms with Crippen molar-refractivity contribution < 1.29 is 4.74 Å². The molecular weight excluding hydrogens is 328 g/mol. The topological polar surface area (TPSA) is 80.7 Å². The molecule has 2 aliphatic heterocycles. The van der Waals surface area contributed by atoms with Gasteiger partial charge in [-0.05, 0) is 29.8 Å². The Hall–Kier alpha value is -3.06. The zero-order chi connectivity index (χ0) is 17.5. The van der Waals surface area contributed by atoms with Crippen molar-refractivity contribution in [1.29, 1.82) is 0 Å². The first kappa shape index (κ1) is 15.2. The smallest absolute Gasteiger partial charge is 0.212 e. The lowest BCUT2D eigenvalue weighted by molar-refractivity contribution is 0.122. The molecule has 5 rings (SSSR count). The van der Waals surface area contributed by atoms with E-state index in [0.717, 1.165) is 48.8 Å². The van der Waals surface area contributed by atoms with E-state index >= 15 is 0 Å². The second-order valence-electron chi connectivity index (χ2n) is 6.50. The SMILES string of the molecule is NC1=N[C@H](c2ccc(N3CCOCC3)cc2)n2c(nc3ccccc32)N1. The van der Waals surface area contributed by atoms with E-state index in [1.165, 1.54) is 5.69 Å². The number of hydrogen-bond donors (Lipinski definition) is 2. The lowest BCUT2D eigenvalue weighted by atomic mass is 10.1. The second-order valence-corrected chi connectivity index (χ2v) is 6.50. The van der Waals surface area contributed by atoms with E-state index in [-0.39, 0.29) is 6.17 Å². The standard InChI is InChI=1S/C19H20N6O/c20-18-22-17(25-16-4-2-1-3-15(16)21-19(25)23-18)13-5-7-14(8-6-13)24-9-11-26-12-10-24/h1-8,17H,9-12H2,(H3,20,21,22,23)/t17-/m0/s1. The van der Waals surface area contributed by atoms with Crippen LogP contribution in [0.3, 0.4) is 0 Å². The molecule has 26 heavy (non-hydrogen) atoms. The molecule has 1 atom stereocenters. The Balaban J connectivity index is 1.54. The van der Waals surface area contributed by atoms with Gasteiger partial charge in [-0.1, -0.05) is 24.3 Å². The number of nitrogens with one attached hydrogen (secondary N) is 1. The fourth-order valence-corrected chi connectivity index (χ4v) is 3.62. The predicted octanol–water partition coefficient (Wildman–Crippen LogP) is 2.16. The maximum Gasteiger partial charge on any atom is 0.212 e. The first-order valence-corrected chi connectivity index (χ1v) is 8.79. The van der Waals surface area contributed by atoms with Crippen molar-refractivity contribution in [3.63, 3.8) is 0 Å². The molecule has 7 nitrogen and oxygen atoms in total. The van der Waals surface area contributed by atoms with Crippen LogP contribution < -0.4 is 16.0 Å². The normalized spacial score (nSPS) is 19.8. The van der Waals surface area contributed by atoms with E-state index in [9.17, 15) is 0 Å². The molecule has 1 saturated heterocycles. The molecule has 3 aromatic rings. The van der Waals surface area contributed by atoms with Gasteiger partial charge >= 0.3 is 0 Å². The summed E-state index contributed by atoms with van der Waals surface area (Å²) >= 11 is 0. The largest absolute Gasteiger partial charge is 0.378 e. The van der Waals surface area contributed by atoms with Crippen LogP contribution in [0.2, 0.25) is 0 Å². The highest BCUT2D eigenvalue weighted by molar-refractivity contribution is 5.94. The number of aromatic nitrogens is 2. The zero-order valence-corrected chi connectivity index (χ0v) is 14.3. The summed E-state index contributed by atoms with van der Waals surface area (Å²) in [7, 11) is 0. The third kappa shape index (κ3) is 2.48. The number of aliphatic imine (C=N–C) groups is 1. The first-order valence-electron chi connectivity index (χ1n) is 8.79. The Morgan fingerprint density at radius 3 is 2.62 bits per heavy atom. The molecule has 2 aliphatic rings. The molecule has 0 saturated carbocycles. The van der Waals surface area contributed by atoms with Crippen molar-refractivity contribution >= 4 is 28.6 Å². The van der Waals surface area contributed by atoms with E-state index in [4.69, 9.17) is 10.5 Å². The van der Waals surface area contributed by atoms with Gasteiger partial charge in [0.05, 0.1) is 24.2 Å². The molecule has 3 heterocycles. The van der Waals surface area contributed by atoms with Gasteiger partial charge in [0.15, 0.2) is 12.1 Å². The lowest BCUT2D eigenvalue weighted by Gasteiger charge is -2.29. The molecule has 132 valence electrons. The highest BCUT2D eigenvalue weighted by Crippen LogP contribution is 2.33. The van der Waals surface area contributed by atoms with Crippen molar-refractivity contribution in [2.24, 2.45) is 10.7 Å². The highest BCUT2D eigenvalue weighted by atomic mass is 16.5. The van der Waals surface area contributed by atoms with Crippen LogP contribution in [-0.2, 0) is 4.74 Å². The molecule has 0 amide bonds. The highest BCUT2D eigenvalue weighted by Gasteiger charge is 2.25. The summed E-state index contributed by atoms with van der Waals surface area (Å²) in [5, 5.41) is 3.07.